The molecule has 0 saturated carbocycles. The number of hydrogen-bond donors (Lipinski definition) is 0. The van der Waals surface area contributed by atoms with Crippen molar-refractivity contribution in [2.45, 2.75) is 11.1 Å². The van der Waals surface area contributed by atoms with E-state index in [2.05, 4.69) is 5.10 Å². The van der Waals surface area contributed by atoms with Gasteiger partial charge in [0, 0.05) is 25.1 Å². The Labute approximate surface area is 139 Å². The predicted octanol–water partition coefficient (Wildman–Crippen LogP) is 2.55. The molecule has 5 nitrogen and oxygen atoms in total. The van der Waals surface area contributed by atoms with E-state index < -0.39 is 10.0 Å². The largest absolute Gasteiger partial charge is 0.262 e. The third-order valence-electron chi connectivity index (χ3n) is 3.66. The average Bonchev–Trinajstić information content (AvgIpc) is 2.88. The molecule has 1 aliphatic heterocycles. The maximum atomic E-state index is 13.0. The highest BCUT2D eigenvalue weighted by Gasteiger charge is 2.37. The van der Waals surface area contributed by atoms with E-state index in [0.29, 0.717) is 6.54 Å². The van der Waals surface area contributed by atoms with E-state index in [1.807, 2.05) is 30.3 Å². The molecule has 22 heavy (non-hydrogen) atoms. The van der Waals surface area contributed by atoms with Gasteiger partial charge in [0.15, 0.2) is 5.03 Å². The Balaban J connectivity index is 2.04. The van der Waals surface area contributed by atoms with Crippen LogP contribution in [0.25, 0.3) is 0 Å². The van der Waals surface area contributed by atoms with Crippen molar-refractivity contribution in [3.05, 3.63) is 47.1 Å². The minimum atomic E-state index is -3.69. The van der Waals surface area contributed by atoms with Gasteiger partial charge in [0.2, 0.25) is 0 Å². The Bertz CT molecular complexity index is 742. The van der Waals surface area contributed by atoms with E-state index >= 15 is 0 Å². The van der Waals surface area contributed by atoms with Crippen LogP contribution in [0.1, 0.15) is 11.6 Å². The molecule has 118 valence electrons. The molecule has 1 aromatic heterocycles. The highest BCUT2D eigenvalue weighted by molar-refractivity contribution is 7.99. The van der Waals surface area contributed by atoms with Crippen LogP contribution in [-0.2, 0) is 17.1 Å². The first kappa shape index (κ1) is 15.9. The Hall–Kier alpha value is -1.02. The lowest BCUT2D eigenvalue weighted by atomic mass is 10.1. The van der Waals surface area contributed by atoms with Crippen molar-refractivity contribution < 1.29 is 8.42 Å². The van der Waals surface area contributed by atoms with E-state index in [-0.39, 0.29) is 16.1 Å². The Morgan fingerprint density at radius 3 is 2.68 bits per heavy atom. The van der Waals surface area contributed by atoms with Crippen LogP contribution in [0.2, 0.25) is 5.02 Å². The van der Waals surface area contributed by atoms with Crippen molar-refractivity contribution in [2.75, 3.05) is 18.1 Å². The minimum Gasteiger partial charge on any atom is -0.255 e. The number of halogens is 1. The first-order valence-corrected chi connectivity index (χ1v) is 9.81. The molecule has 8 heteroatoms. The van der Waals surface area contributed by atoms with E-state index in [1.54, 1.807) is 23.1 Å². The number of rotatable bonds is 3. The van der Waals surface area contributed by atoms with E-state index in [1.165, 1.54) is 10.9 Å². The van der Waals surface area contributed by atoms with E-state index in [9.17, 15) is 8.42 Å². The summed E-state index contributed by atoms with van der Waals surface area (Å²) in [6.07, 6.45) is 1.37. The third-order valence-corrected chi connectivity index (χ3v) is 7.10. The van der Waals surface area contributed by atoms with Gasteiger partial charge in [-0.2, -0.15) is 21.2 Å². The molecule has 0 amide bonds. The molecule has 0 bridgehead atoms. The van der Waals surface area contributed by atoms with Gasteiger partial charge in [0.25, 0.3) is 10.0 Å². The first-order chi connectivity index (χ1) is 10.5. The summed E-state index contributed by atoms with van der Waals surface area (Å²) in [4.78, 5) is 0. The van der Waals surface area contributed by atoms with Gasteiger partial charge in [-0.1, -0.05) is 41.9 Å². The molecule has 1 aromatic carbocycles. The average molecular weight is 358 g/mol. The highest BCUT2D eigenvalue weighted by Crippen LogP contribution is 2.35. The van der Waals surface area contributed by atoms with Gasteiger partial charge < -0.3 is 0 Å². The summed E-state index contributed by atoms with van der Waals surface area (Å²) >= 11 is 7.81. The van der Waals surface area contributed by atoms with Gasteiger partial charge in [-0.15, -0.1) is 0 Å². The van der Waals surface area contributed by atoms with Crippen molar-refractivity contribution in [3.8, 4) is 0 Å². The number of hydrogen-bond acceptors (Lipinski definition) is 4. The smallest absolute Gasteiger partial charge is 0.255 e. The number of nitrogens with zero attached hydrogens (tertiary/aromatic N) is 3. The topological polar surface area (TPSA) is 55.2 Å². The van der Waals surface area contributed by atoms with Crippen LogP contribution >= 0.6 is 23.4 Å². The molecule has 1 atom stereocenters. The van der Waals surface area contributed by atoms with Crippen LogP contribution in [0, 0.1) is 0 Å². The standard InChI is InChI=1S/C14H16ClN3O2S2/c1-17-14(12(15)9-16-17)22(19,20)18-7-8-21-10-13(18)11-5-3-2-4-6-11/h2-6,9,13H,7-8,10H2,1H3. The second-order valence-corrected chi connectivity index (χ2v) is 8.40. The summed E-state index contributed by atoms with van der Waals surface area (Å²) in [5, 5.41) is 4.17. The fourth-order valence-corrected chi connectivity index (χ4v) is 6.14. The Kier molecular flexibility index (Phi) is 4.49. The second-order valence-electron chi connectivity index (χ2n) is 5.04. The molecular formula is C14H16ClN3O2S2. The van der Waals surface area contributed by atoms with Crippen molar-refractivity contribution in [2.24, 2.45) is 7.05 Å². The zero-order valence-electron chi connectivity index (χ0n) is 12.0. The van der Waals surface area contributed by atoms with Crippen LogP contribution < -0.4 is 0 Å². The molecule has 0 radical (unpaired) electrons. The molecule has 1 saturated heterocycles. The Morgan fingerprint density at radius 2 is 2.05 bits per heavy atom. The highest BCUT2D eigenvalue weighted by atomic mass is 35.5. The normalized spacial score (nSPS) is 20.2. The summed E-state index contributed by atoms with van der Waals surface area (Å²) in [5.74, 6) is 1.51. The first-order valence-electron chi connectivity index (χ1n) is 6.84. The quantitative estimate of drug-likeness (QED) is 0.847. The molecule has 1 unspecified atom stereocenters. The lowest BCUT2D eigenvalue weighted by Crippen LogP contribution is -2.41. The van der Waals surface area contributed by atoms with Gasteiger partial charge >= 0.3 is 0 Å². The van der Waals surface area contributed by atoms with Crippen LogP contribution in [0.3, 0.4) is 0 Å². The predicted molar refractivity (Wildman–Crippen MR) is 88.6 cm³/mol. The zero-order chi connectivity index (χ0) is 15.7. The zero-order valence-corrected chi connectivity index (χ0v) is 14.4. The van der Waals surface area contributed by atoms with Crippen LogP contribution in [0.15, 0.2) is 41.6 Å². The molecule has 0 aliphatic carbocycles. The fourth-order valence-electron chi connectivity index (χ4n) is 2.61. The maximum absolute atomic E-state index is 13.0. The van der Waals surface area contributed by atoms with Crippen LogP contribution in [0.5, 0.6) is 0 Å². The molecule has 3 rings (SSSR count). The summed E-state index contributed by atoms with van der Waals surface area (Å²) < 4.78 is 29.0. The second kappa shape index (κ2) is 6.23. The minimum absolute atomic E-state index is 0.0574. The van der Waals surface area contributed by atoms with Gasteiger partial charge in [0.1, 0.15) is 0 Å². The summed E-state index contributed by atoms with van der Waals surface area (Å²) in [5.41, 5.74) is 0.997. The molecule has 2 heterocycles. The number of aromatic nitrogens is 2. The third kappa shape index (κ3) is 2.78. The molecule has 1 fully saturated rings. The Morgan fingerprint density at radius 1 is 1.32 bits per heavy atom. The molecule has 1 aliphatic rings. The van der Waals surface area contributed by atoms with Crippen LogP contribution in [0.4, 0.5) is 0 Å². The van der Waals surface area contributed by atoms with Crippen molar-refractivity contribution in [3.63, 3.8) is 0 Å². The van der Waals surface area contributed by atoms with Gasteiger partial charge in [-0.05, 0) is 5.56 Å². The van der Waals surface area contributed by atoms with E-state index in [4.69, 9.17) is 11.6 Å². The molecule has 2 aromatic rings. The number of aryl methyl sites for hydroxylation is 1. The van der Waals surface area contributed by atoms with Gasteiger partial charge in [0.05, 0.1) is 17.3 Å². The fraction of sp³-hybridized carbons (Fsp3) is 0.357. The van der Waals surface area contributed by atoms with Gasteiger partial charge in [-0.25, -0.2) is 8.42 Å². The molecule has 0 spiro atoms. The SMILES string of the molecule is Cn1ncc(Cl)c1S(=O)(=O)N1CCSCC1c1ccccc1. The van der Waals surface area contributed by atoms with Gasteiger partial charge in [-0.3, -0.25) is 4.68 Å². The number of thioether (sulfide) groups is 1. The summed E-state index contributed by atoms with van der Waals surface area (Å²) in [6.45, 7) is 0.466. The van der Waals surface area contributed by atoms with Crippen molar-refractivity contribution >= 4 is 33.4 Å². The molecule has 0 N–H and O–H groups in total. The summed E-state index contributed by atoms with van der Waals surface area (Å²) in [6, 6.07) is 9.52. The number of benzene rings is 1. The monoisotopic (exact) mass is 357 g/mol. The van der Waals surface area contributed by atoms with Crippen LogP contribution in [-0.4, -0.2) is 40.6 Å². The van der Waals surface area contributed by atoms with Crippen molar-refractivity contribution in [1.29, 1.82) is 0 Å². The lowest BCUT2D eigenvalue weighted by Gasteiger charge is -2.34. The van der Waals surface area contributed by atoms with Crippen molar-refractivity contribution in [1.82, 2.24) is 14.1 Å². The summed E-state index contributed by atoms with van der Waals surface area (Å²) in [7, 11) is -2.10. The molecular weight excluding hydrogens is 342 g/mol. The lowest BCUT2D eigenvalue weighted by molar-refractivity contribution is 0.352. The van der Waals surface area contributed by atoms with E-state index in [0.717, 1.165) is 17.1 Å². The maximum Gasteiger partial charge on any atom is 0.262 e. The number of sulfonamides is 1.